The molecular formula is C23H19N3O3. The number of methoxy groups -OCH3 is 1. The smallest absolute Gasteiger partial charge is 0.268 e. The van der Waals surface area contributed by atoms with Gasteiger partial charge in [-0.2, -0.15) is 0 Å². The van der Waals surface area contributed by atoms with Crippen LogP contribution in [0.2, 0.25) is 0 Å². The fourth-order valence-corrected chi connectivity index (χ4v) is 2.94. The summed E-state index contributed by atoms with van der Waals surface area (Å²) in [6, 6.07) is 17.0. The molecule has 2 heterocycles. The third-order valence-electron chi connectivity index (χ3n) is 4.42. The summed E-state index contributed by atoms with van der Waals surface area (Å²) in [6.45, 7) is 0.473. The van der Waals surface area contributed by atoms with Crippen molar-refractivity contribution in [1.29, 1.82) is 0 Å². The van der Waals surface area contributed by atoms with Gasteiger partial charge in [-0.05, 0) is 36.4 Å². The fourth-order valence-electron chi connectivity index (χ4n) is 2.94. The van der Waals surface area contributed by atoms with Crippen molar-refractivity contribution in [3.63, 3.8) is 0 Å². The van der Waals surface area contributed by atoms with Gasteiger partial charge in [-0.1, -0.05) is 17.9 Å². The van der Waals surface area contributed by atoms with Gasteiger partial charge in [-0.3, -0.25) is 9.78 Å². The molecule has 6 heteroatoms. The Morgan fingerprint density at radius 3 is 2.83 bits per heavy atom. The molecule has 0 unspecified atom stereocenters. The average molecular weight is 385 g/mol. The van der Waals surface area contributed by atoms with Crippen molar-refractivity contribution < 1.29 is 14.3 Å². The van der Waals surface area contributed by atoms with Gasteiger partial charge in [0.05, 0.1) is 19.2 Å². The summed E-state index contributed by atoms with van der Waals surface area (Å²) >= 11 is 0. The van der Waals surface area contributed by atoms with Crippen molar-refractivity contribution in [2.75, 3.05) is 20.3 Å². The van der Waals surface area contributed by atoms with Gasteiger partial charge in [0.1, 0.15) is 23.8 Å². The van der Waals surface area contributed by atoms with E-state index in [2.05, 4.69) is 27.1 Å². The zero-order valence-electron chi connectivity index (χ0n) is 15.9. The molecule has 0 radical (unpaired) electrons. The van der Waals surface area contributed by atoms with Crippen LogP contribution in [0, 0.1) is 11.8 Å². The largest absolute Gasteiger partial charge is 0.497 e. The number of aromatic amines is 1. The Morgan fingerprint density at radius 2 is 1.93 bits per heavy atom. The number of fused-ring (bicyclic) bond motifs is 2. The van der Waals surface area contributed by atoms with E-state index in [1.807, 2.05) is 48.5 Å². The number of aromatic nitrogens is 2. The second-order valence-corrected chi connectivity index (χ2v) is 6.32. The summed E-state index contributed by atoms with van der Waals surface area (Å²) in [5.74, 6) is 7.02. The number of hydrogen-bond donors (Lipinski definition) is 2. The van der Waals surface area contributed by atoms with E-state index < -0.39 is 0 Å². The van der Waals surface area contributed by atoms with Gasteiger partial charge in [-0.25, -0.2) is 0 Å². The lowest BCUT2D eigenvalue weighted by atomic mass is 10.2. The minimum Gasteiger partial charge on any atom is -0.497 e. The van der Waals surface area contributed by atoms with Crippen LogP contribution in [-0.4, -0.2) is 36.1 Å². The van der Waals surface area contributed by atoms with Crippen LogP contribution in [0.25, 0.3) is 21.8 Å². The van der Waals surface area contributed by atoms with Crippen LogP contribution in [0.4, 0.5) is 0 Å². The first-order chi connectivity index (χ1) is 14.2. The van der Waals surface area contributed by atoms with Crippen molar-refractivity contribution in [3.8, 4) is 23.3 Å². The van der Waals surface area contributed by atoms with E-state index in [0.717, 1.165) is 27.6 Å². The van der Waals surface area contributed by atoms with Crippen molar-refractivity contribution in [1.82, 2.24) is 15.3 Å². The minimum atomic E-state index is -0.212. The Labute approximate surface area is 167 Å². The number of amides is 1. The Hall–Kier alpha value is -3.98. The predicted octanol–water partition coefficient (Wildman–Crippen LogP) is 3.54. The lowest BCUT2D eigenvalue weighted by Crippen LogP contribution is -2.23. The lowest BCUT2D eigenvalue weighted by molar-refractivity contribution is 0.0954. The molecule has 0 atom stereocenters. The lowest BCUT2D eigenvalue weighted by Gasteiger charge is -2.03. The van der Waals surface area contributed by atoms with Gasteiger partial charge in [0.2, 0.25) is 0 Å². The first kappa shape index (κ1) is 18.4. The summed E-state index contributed by atoms with van der Waals surface area (Å²) in [7, 11) is 1.61. The van der Waals surface area contributed by atoms with Crippen LogP contribution in [0.15, 0.2) is 60.8 Å². The monoisotopic (exact) mass is 385 g/mol. The topological polar surface area (TPSA) is 76.2 Å². The molecule has 0 aliphatic heterocycles. The number of carbonyl (C=O) groups is 1. The molecule has 0 aliphatic carbocycles. The number of H-pyrrole nitrogens is 1. The van der Waals surface area contributed by atoms with Gasteiger partial charge >= 0.3 is 0 Å². The summed E-state index contributed by atoms with van der Waals surface area (Å²) in [5.41, 5.74) is 2.20. The zero-order chi connectivity index (χ0) is 20.1. The third-order valence-corrected chi connectivity index (χ3v) is 4.42. The minimum absolute atomic E-state index is 0.212. The van der Waals surface area contributed by atoms with Gasteiger partial charge in [0.25, 0.3) is 5.91 Å². The maximum Gasteiger partial charge on any atom is 0.268 e. The van der Waals surface area contributed by atoms with E-state index in [1.54, 1.807) is 19.4 Å². The highest BCUT2D eigenvalue weighted by Gasteiger charge is 2.09. The number of carbonyl (C=O) groups excluding carboxylic acids is 1. The number of benzene rings is 2. The van der Waals surface area contributed by atoms with Gasteiger partial charge in [-0.15, -0.1) is 0 Å². The summed E-state index contributed by atoms with van der Waals surface area (Å²) in [4.78, 5) is 19.7. The van der Waals surface area contributed by atoms with Crippen LogP contribution < -0.4 is 14.8 Å². The maximum absolute atomic E-state index is 12.3. The fraction of sp³-hybridized carbons (Fsp3) is 0.130. The van der Waals surface area contributed by atoms with Gasteiger partial charge in [0, 0.05) is 34.6 Å². The summed E-state index contributed by atoms with van der Waals surface area (Å²) in [6.07, 6.45) is 1.75. The highest BCUT2D eigenvalue weighted by Crippen LogP contribution is 2.21. The van der Waals surface area contributed by atoms with Crippen molar-refractivity contribution in [2.45, 2.75) is 0 Å². The van der Waals surface area contributed by atoms with Crippen LogP contribution in [0.3, 0.4) is 0 Å². The molecule has 6 nitrogen and oxygen atoms in total. The molecule has 0 fully saturated rings. The zero-order valence-corrected chi connectivity index (χ0v) is 15.9. The molecule has 0 spiro atoms. The highest BCUT2D eigenvalue weighted by molar-refractivity contribution is 5.98. The van der Waals surface area contributed by atoms with E-state index in [0.29, 0.717) is 11.4 Å². The molecular weight excluding hydrogens is 366 g/mol. The molecule has 0 saturated carbocycles. The van der Waals surface area contributed by atoms with Crippen LogP contribution in [0.1, 0.15) is 10.5 Å². The first-order valence-electron chi connectivity index (χ1n) is 9.11. The quantitative estimate of drug-likeness (QED) is 0.515. The number of rotatable bonds is 5. The van der Waals surface area contributed by atoms with Crippen molar-refractivity contribution >= 4 is 27.7 Å². The predicted molar refractivity (Wildman–Crippen MR) is 112 cm³/mol. The Kier molecular flexibility index (Phi) is 5.30. The number of ether oxygens (including phenoxy) is 2. The standard InChI is InChI=1S/C23H19N3O3/c1-28-18-8-7-17-13-22(26-21(17)14-18)23(27)25-10-2-3-12-29-19-9-6-16-5-4-11-24-20(16)15-19/h4-9,11,13-15,26H,10,12H2,1H3,(H,25,27). The molecule has 0 saturated heterocycles. The van der Waals surface area contributed by atoms with Crippen LogP contribution in [-0.2, 0) is 0 Å². The molecule has 2 aromatic carbocycles. The SMILES string of the molecule is COc1ccc2cc(C(=O)NCC#CCOc3ccc4cccnc4c3)[nH]c2c1. The molecule has 2 aromatic heterocycles. The van der Waals surface area contributed by atoms with Crippen molar-refractivity contribution in [3.05, 3.63) is 66.5 Å². The average Bonchev–Trinajstić information content (AvgIpc) is 3.19. The molecule has 4 rings (SSSR count). The molecule has 0 aliphatic rings. The third kappa shape index (κ3) is 4.30. The molecule has 2 N–H and O–H groups in total. The van der Waals surface area contributed by atoms with E-state index in [9.17, 15) is 4.79 Å². The van der Waals surface area contributed by atoms with E-state index >= 15 is 0 Å². The Bertz CT molecular complexity index is 1230. The van der Waals surface area contributed by atoms with E-state index in [-0.39, 0.29) is 19.1 Å². The number of nitrogens with zero attached hydrogens (tertiary/aromatic N) is 1. The first-order valence-corrected chi connectivity index (χ1v) is 9.11. The second-order valence-electron chi connectivity index (χ2n) is 6.32. The number of pyridine rings is 1. The second kappa shape index (κ2) is 8.36. The molecule has 29 heavy (non-hydrogen) atoms. The van der Waals surface area contributed by atoms with Crippen molar-refractivity contribution in [2.24, 2.45) is 0 Å². The summed E-state index contributed by atoms with van der Waals surface area (Å²) < 4.78 is 10.8. The molecule has 0 bridgehead atoms. The van der Waals surface area contributed by atoms with E-state index in [4.69, 9.17) is 9.47 Å². The van der Waals surface area contributed by atoms with Gasteiger partial charge in [0.15, 0.2) is 0 Å². The molecule has 4 aromatic rings. The number of nitrogens with one attached hydrogen (secondary N) is 2. The Morgan fingerprint density at radius 1 is 1.07 bits per heavy atom. The highest BCUT2D eigenvalue weighted by atomic mass is 16.5. The molecule has 144 valence electrons. The maximum atomic E-state index is 12.3. The van der Waals surface area contributed by atoms with Crippen LogP contribution in [0.5, 0.6) is 11.5 Å². The van der Waals surface area contributed by atoms with E-state index in [1.165, 1.54) is 0 Å². The molecule has 1 amide bonds. The van der Waals surface area contributed by atoms with Crippen LogP contribution >= 0.6 is 0 Å². The number of hydrogen-bond acceptors (Lipinski definition) is 4. The Balaban J connectivity index is 1.28. The van der Waals surface area contributed by atoms with Gasteiger partial charge < -0.3 is 19.8 Å². The normalized spacial score (nSPS) is 10.4. The summed E-state index contributed by atoms with van der Waals surface area (Å²) in [5, 5.41) is 4.77.